The van der Waals surface area contributed by atoms with Gasteiger partial charge in [0.25, 0.3) is 11.5 Å². The fourth-order valence-electron chi connectivity index (χ4n) is 3.90. The number of thiocarbonyl (C=S) groups is 1. The average Bonchev–Trinajstić information content (AvgIpc) is 3.16. The number of rotatable bonds is 11. The van der Waals surface area contributed by atoms with Crippen LogP contribution >= 0.6 is 24.0 Å². The van der Waals surface area contributed by atoms with Gasteiger partial charge in [0.05, 0.1) is 16.6 Å². The highest BCUT2D eigenvalue weighted by atomic mass is 32.2. The topological polar surface area (TPSA) is 124 Å². The Morgan fingerprint density at radius 3 is 2.62 bits per heavy atom. The monoisotopic (exact) mass is 538 g/mol. The van der Waals surface area contributed by atoms with E-state index in [1.165, 1.54) is 15.4 Å². The number of unbranched alkanes of at least 4 members (excludes halogenated alkanes) is 2. The third-order valence-electron chi connectivity index (χ3n) is 5.84. The Balaban J connectivity index is 1.58. The summed E-state index contributed by atoms with van der Waals surface area (Å²) in [6.07, 6.45) is 4.18. The molecule has 3 aromatic rings. The number of amides is 1. The van der Waals surface area contributed by atoms with Crippen LogP contribution in [0.1, 0.15) is 42.9 Å². The van der Waals surface area contributed by atoms with Crippen LogP contribution in [-0.4, -0.2) is 53.8 Å². The summed E-state index contributed by atoms with van der Waals surface area (Å²) in [4.78, 5) is 43.5. The number of aromatic nitrogens is 2. The molecule has 1 aliphatic heterocycles. The van der Waals surface area contributed by atoms with Crippen molar-refractivity contribution < 1.29 is 19.8 Å². The molecule has 0 bridgehead atoms. The summed E-state index contributed by atoms with van der Waals surface area (Å²) in [5, 5.41) is 22.5. The van der Waals surface area contributed by atoms with Crippen LogP contribution < -0.4 is 10.9 Å². The van der Waals surface area contributed by atoms with E-state index in [1.807, 2.05) is 30.3 Å². The highest BCUT2D eigenvalue weighted by molar-refractivity contribution is 8.26. The van der Waals surface area contributed by atoms with Crippen molar-refractivity contribution in [1.82, 2.24) is 14.3 Å². The van der Waals surface area contributed by atoms with Crippen molar-refractivity contribution >= 4 is 57.7 Å². The number of anilines is 1. The molecule has 1 aromatic carbocycles. The summed E-state index contributed by atoms with van der Waals surface area (Å²) in [5.74, 6) is -0.893. The number of aliphatic hydroxyl groups excluding tert-OH is 1. The maximum Gasteiger partial charge on any atom is 0.303 e. The smallest absolute Gasteiger partial charge is 0.303 e. The number of hydrogen-bond acceptors (Lipinski definition) is 8. The normalized spacial score (nSPS) is 15.5. The van der Waals surface area contributed by atoms with Gasteiger partial charge in [0.15, 0.2) is 0 Å². The van der Waals surface area contributed by atoms with E-state index in [2.05, 4.69) is 10.3 Å². The van der Waals surface area contributed by atoms with Gasteiger partial charge in [0.2, 0.25) is 0 Å². The standard InChI is InChI=1S/C26H26N4O5S2/c31-19(17-9-3-1-4-10-17)16-27-23-18(24(34)29-13-8-6-11-21(29)28-23)15-20-25(35)30(26(36)37-20)14-7-2-5-12-22(32)33/h1,3-4,6,8-11,13,15,19,27,31H,2,5,7,12,14,16H2,(H,32,33)/b20-15-/t19-/m0/s1. The molecule has 1 atom stereocenters. The molecule has 2 aromatic heterocycles. The number of nitrogens with zero attached hydrogens (tertiary/aromatic N) is 3. The maximum atomic E-state index is 13.4. The molecule has 1 amide bonds. The van der Waals surface area contributed by atoms with Gasteiger partial charge in [-0.15, -0.1) is 0 Å². The number of carbonyl (C=O) groups is 2. The Morgan fingerprint density at radius 2 is 1.86 bits per heavy atom. The van der Waals surface area contributed by atoms with Gasteiger partial charge < -0.3 is 15.5 Å². The number of nitrogens with one attached hydrogen (secondary N) is 1. The van der Waals surface area contributed by atoms with Gasteiger partial charge >= 0.3 is 5.97 Å². The van der Waals surface area contributed by atoms with E-state index >= 15 is 0 Å². The molecule has 1 fully saturated rings. The minimum atomic E-state index is -0.843. The largest absolute Gasteiger partial charge is 0.481 e. The van der Waals surface area contributed by atoms with Gasteiger partial charge in [-0.25, -0.2) is 4.98 Å². The fourth-order valence-corrected chi connectivity index (χ4v) is 5.19. The number of benzene rings is 1. The highest BCUT2D eigenvalue weighted by Gasteiger charge is 2.32. The van der Waals surface area contributed by atoms with Crippen molar-refractivity contribution in [2.24, 2.45) is 0 Å². The molecule has 0 aliphatic carbocycles. The lowest BCUT2D eigenvalue weighted by Crippen LogP contribution is -2.29. The predicted molar refractivity (Wildman–Crippen MR) is 147 cm³/mol. The Morgan fingerprint density at radius 1 is 1.11 bits per heavy atom. The van der Waals surface area contributed by atoms with Crippen LogP contribution in [-0.2, 0) is 9.59 Å². The van der Waals surface area contributed by atoms with Crippen molar-refractivity contribution in [3.05, 3.63) is 81.1 Å². The van der Waals surface area contributed by atoms with E-state index in [0.717, 1.165) is 17.3 Å². The van der Waals surface area contributed by atoms with Crippen LogP contribution in [0.25, 0.3) is 11.7 Å². The molecule has 0 spiro atoms. The lowest BCUT2D eigenvalue weighted by atomic mass is 10.1. The lowest BCUT2D eigenvalue weighted by Gasteiger charge is -2.15. The molecular weight excluding hydrogens is 512 g/mol. The molecule has 1 saturated heterocycles. The zero-order valence-corrected chi connectivity index (χ0v) is 21.5. The first-order valence-electron chi connectivity index (χ1n) is 11.8. The first-order chi connectivity index (χ1) is 17.8. The zero-order chi connectivity index (χ0) is 26.4. The number of hydrogen-bond donors (Lipinski definition) is 3. The molecule has 0 radical (unpaired) electrons. The number of aliphatic carboxylic acids is 1. The molecule has 37 heavy (non-hydrogen) atoms. The van der Waals surface area contributed by atoms with Crippen LogP contribution in [0.3, 0.4) is 0 Å². The molecule has 9 nitrogen and oxygen atoms in total. The Bertz CT molecular complexity index is 1410. The SMILES string of the molecule is O=C(O)CCCCCN1C(=O)/C(=C/c2c(NC[C@H](O)c3ccccc3)nc3ccccn3c2=O)SC1=S. The first-order valence-corrected chi connectivity index (χ1v) is 13.0. The minimum absolute atomic E-state index is 0.0892. The molecule has 192 valence electrons. The second-order valence-corrected chi connectivity index (χ2v) is 10.1. The van der Waals surface area contributed by atoms with E-state index in [-0.39, 0.29) is 35.8 Å². The second-order valence-electron chi connectivity index (χ2n) is 8.45. The highest BCUT2D eigenvalue weighted by Crippen LogP contribution is 2.33. The molecule has 1 aliphatic rings. The minimum Gasteiger partial charge on any atom is -0.481 e. The fraction of sp³-hybridized carbons (Fsp3) is 0.269. The number of carboxylic acids is 1. The summed E-state index contributed by atoms with van der Waals surface area (Å²) in [7, 11) is 0. The number of aliphatic hydroxyl groups is 1. The van der Waals surface area contributed by atoms with Crippen molar-refractivity contribution in [2.75, 3.05) is 18.4 Å². The van der Waals surface area contributed by atoms with Crippen molar-refractivity contribution in [3.63, 3.8) is 0 Å². The zero-order valence-electron chi connectivity index (χ0n) is 19.9. The van der Waals surface area contributed by atoms with Crippen molar-refractivity contribution in [1.29, 1.82) is 0 Å². The molecule has 4 rings (SSSR count). The predicted octanol–water partition coefficient (Wildman–Crippen LogP) is 3.69. The van der Waals surface area contributed by atoms with E-state index in [0.29, 0.717) is 40.7 Å². The van der Waals surface area contributed by atoms with Crippen LogP contribution in [0.2, 0.25) is 0 Å². The molecule has 3 N–H and O–H groups in total. The number of pyridine rings is 1. The number of carbonyl (C=O) groups excluding carboxylic acids is 1. The Labute approximate surface area is 222 Å². The maximum absolute atomic E-state index is 13.4. The van der Waals surface area contributed by atoms with Crippen LogP contribution in [0.15, 0.2) is 64.4 Å². The van der Waals surface area contributed by atoms with Gasteiger partial charge in [0.1, 0.15) is 15.8 Å². The van der Waals surface area contributed by atoms with Crippen LogP contribution in [0, 0.1) is 0 Å². The average molecular weight is 539 g/mol. The van der Waals surface area contributed by atoms with Gasteiger partial charge in [0, 0.05) is 25.7 Å². The molecule has 11 heteroatoms. The van der Waals surface area contributed by atoms with E-state index in [4.69, 9.17) is 17.3 Å². The molecular formula is C26H26N4O5S2. The summed E-state index contributed by atoms with van der Waals surface area (Å²) < 4.78 is 1.78. The van der Waals surface area contributed by atoms with E-state index < -0.39 is 12.1 Å². The summed E-state index contributed by atoms with van der Waals surface area (Å²) in [6, 6.07) is 14.3. The summed E-state index contributed by atoms with van der Waals surface area (Å²) in [6.45, 7) is 0.489. The van der Waals surface area contributed by atoms with Crippen molar-refractivity contribution in [3.8, 4) is 0 Å². The second kappa shape index (κ2) is 12.1. The summed E-state index contributed by atoms with van der Waals surface area (Å²) >= 11 is 6.51. The van der Waals surface area contributed by atoms with Gasteiger partial charge in [-0.05, 0) is 36.6 Å². The van der Waals surface area contributed by atoms with Crippen LogP contribution in [0.5, 0.6) is 0 Å². The quantitative estimate of drug-likeness (QED) is 0.190. The molecule has 0 saturated carbocycles. The number of thioether (sulfide) groups is 1. The Kier molecular flexibility index (Phi) is 8.70. The van der Waals surface area contributed by atoms with Crippen LogP contribution in [0.4, 0.5) is 5.82 Å². The van der Waals surface area contributed by atoms with Gasteiger partial charge in [-0.2, -0.15) is 0 Å². The number of carboxylic acid groups (broad SMARTS) is 1. The lowest BCUT2D eigenvalue weighted by molar-refractivity contribution is -0.137. The van der Waals surface area contributed by atoms with E-state index in [9.17, 15) is 19.5 Å². The van der Waals surface area contributed by atoms with Gasteiger partial charge in [-0.1, -0.05) is 66.8 Å². The summed E-state index contributed by atoms with van der Waals surface area (Å²) in [5.41, 5.74) is 0.973. The third-order valence-corrected chi connectivity index (χ3v) is 7.22. The number of fused-ring (bicyclic) bond motifs is 1. The molecule has 0 unspecified atom stereocenters. The van der Waals surface area contributed by atoms with Crippen molar-refractivity contribution in [2.45, 2.75) is 31.8 Å². The third kappa shape index (κ3) is 6.43. The van der Waals surface area contributed by atoms with Gasteiger partial charge in [-0.3, -0.25) is 23.7 Å². The van der Waals surface area contributed by atoms with E-state index in [1.54, 1.807) is 24.4 Å². The Hall–Kier alpha value is -3.54. The first kappa shape index (κ1) is 26.5. The molecule has 3 heterocycles.